The number of hydrogen-bond acceptors (Lipinski definition) is 17. The number of phenols is 3. The Bertz CT molecular complexity index is 1940. The van der Waals surface area contributed by atoms with Crippen LogP contribution in [0.2, 0.25) is 0 Å². The minimum atomic E-state index is -1.99. The number of carbonyl (C=O) groups excluding carboxylic acids is 1. The summed E-state index contributed by atoms with van der Waals surface area (Å²) in [5, 5.41) is 94.6. The van der Waals surface area contributed by atoms with Crippen LogP contribution in [0.25, 0.3) is 22.3 Å². The Morgan fingerprint density at radius 2 is 1.42 bits per heavy atom. The molecule has 0 amide bonds. The lowest BCUT2D eigenvalue weighted by molar-refractivity contribution is -0.342. The van der Waals surface area contributed by atoms with Crippen LogP contribution >= 0.6 is 0 Å². The standard InChI is InChI=1S/C35H36O17/c1-47-20-11-21-24(18(39)10-19(49-21)14-2-6-16(37)7-3-14)28(42)25(20)32-33(30(44)26(40)22(12-36)50-32)52-35-31(45)29(43)27(41)23(51-35)13-48-34(46)15-4-8-17(38)9-5-15/h2-11,22-23,26-27,29-33,35-38,40-45H,12-13H2,1H3. The zero-order chi connectivity index (χ0) is 37.4. The highest BCUT2D eigenvalue weighted by Gasteiger charge is 2.52. The number of hydrogen-bond donors (Lipinski definition) is 9. The van der Waals surface area contributed by atoms with Gasteiger partial charge in [0, 0.05) is 17.7 Å². The Morgan fingerprint density at radius 3 is 2.06 bits per heavy atom. The second-order valence-corrected chi connectivity index (χ2v) is 12.3. The van der Waals surface area contributed by atoms with Gasteiger partial charge in [-0.05, 0) is 48.5 Å². The van der Waals surface area contributed by atoms with Crippen LogP contribution in [0, 0.1) is 0 Å². The number of carbonyl (C=O) groups is 1. The largest absolute Gasteiger partial charge is 0.508 e. The average Bonchev–Trinajstić information content (AvgIpc) is 3.13. The van der Waals surface area contributed by atoms with Crippen molar-refractivity contribution >= 4 is 16.9 Å². The maximum Gasteiger partial charge on any atom is 0.338 e. The third-order valence-corrected chi connectivity index (χ3v) is 8.96. The molecule has 17 heteroatoms. The molecule has 9 N–H and O–H groups in total. The Morgan fingerprint density at radius 1 is 0.788 bits per heavy atom. The lowest BCUT2D eigenvalue weighted by Crippen LogP contribution is -2.63. The zero-order valence-corrected chi connectivity index (χ0v) is 27.3. The molecule has 0 saturated carbocycles. The number of phenolic OH excluding ortho intramolecular Hbond substituents is 3. The lowest BCUT2D eigenvalue weighted by Gasteiger charge is -2.46. The van der Waals surface area contributed by atoms with E-state index in [0.717, 1.165) is 6.07 Å². The lowest BCUT2D eigenvalue weighted by atomic mass is 9.89. The summed E-state index contributed by atoms with van der Waals surface area (Å²) in [4.78, 5) is 26.0. The van der Waals surface area contributed by atoms with E-state index in [4.69, 9.17) is 28.1 Å². The molecule has 0 radical (unpaired) electrons. The van der Waals surface area contributed by atoms with Crippen molar-refractivity contribution < 1.29 is 78.9 Å². The van der Waals surface area contributed by atoms with E-state index in [1.165, 1.54) is 61.7 Å². The molecule has 0 aliphatic carbocycles. The van der Waals surface area contributed by atoms with Crippen molar-refractivity contribution in [1.29, 1.82) is 0 Å². The highest BCUT2D eigenvalue weighted by molar-refractivity contribution is 5.89. The first-order valence-electron chi connectivity index (χ1n) is 15.9. The van der Waals surface area contributed by atoms with E-state index < -0.39 is 91.6 Å². The van der Waals surface area contributed by atoms with Gasteiger partial charge in [-0.2, -0.15) is 0 Å². The van der Waals surface area contributed by atoms with Gasteiger partial charge in [-0.3, -0.25) is 4.79 Å². The van der Waals surface area contributed by atoms with Gasteiger partial charge < -0.3 is 74.1 Å². The van der Waals surface area contributed by atoms with Gasteiger partial charge in [0.25, 0.3) is 0 Å². The Hall–Kier alpha value is -4.82. The topological polar surface area (TPSA) is 275 Å². The summed E-state index contributed by atoms with van der Waals surface area (Å²) in [5.41, 5.74) is -0.665. The predicted octanol–water partition coefficient (Wildman–Crippen LogP) is -0.211. The summed E-state index contributed by atoms with van der Waals surface area (Å²) in [5.74, 6) is -1.79. The molecule has 2 aliphatic heterocycles. The maximum atomic E-state index is 13.4. The van der Waals surface area contributed by atoms with Crippen molar-refractivity contribution in [3.8, 4) is 34.3 Å². The fourth-order valence-corrected chi connectivity index (χ4v) is 6.14. The second kappa shape index (κ2) is 15.0. The molecule has 4 aromatic rings. The third kappa shape index (κ3) is 7.01. The summed E-state index contributed by atoms with van der Waals surface area (Å²) < 4.78 is 34.1. The number of aromatic hydroxyl groups is 3. The summed E-state index contributed by atoms with van der Waals surface area (Å²) in [6.07, 6.45) is -17.8. The third-order valence-electron chi connectivity index (χ3n) is 8.96. The van der Waals surface area contributed by atoms with E-state index in [-0.39, 0.29) is 45.1 Å². The SMILES string of the molecule is COc1cc2oc(-c3ccc(O)cc3)cc(=O)c2c(O)c1C1OC(CO)C(O)C(O)C1OC1OC(COC(=O)c2ccc(O)cc2)C(O)C(O)C1O. The van der Waals surface area contributed by atoms with Crippen LogP contribution in [0.1, 0.15) is 22.0 Å². The van der Waals surface area contributed by atoms with E-state index in [1.54, 1.807) is 0 Å². The molecule has 3 aromatic carbocycles. The van der Waals surface area contributed by atoms with E-state index in [9.17, 15) is 55.5 Å². The van der Waals surface area contributed by atoms with Crippen LogP contribution in [0.5, 0.6) is 23.0 Å². The highest BCUT2D eigenvalue weighted by atomic mass is 16.7. The van der Waals surface area contributed by atoms with Crippen molar-refractivity contribution in [1.82, 2.24) is 0 Å². The molecule has 2 fully saturated rings. The number of methoxy groups -OCH3 is 1. The van der Waals surface area contributed by atoms with Gasteiger partial charge >= 0.3 is 5.97 Å². The van der Waals surface area contributed by atoms with Crippen LogP contribution in [-0.2, 0) is 18.9 Å². The molecule has 10 atom stereocenters. The second-order valence-electron chi connectivity index (χ2n) is 12.3. The molecule has 6 rings (SSSR count). The summed E-state index contributed by atoms with van der Waals surface area (Å²) in [6, 6.07) is 13.2. The van der Waals surface area contributed by atoms with Gasteiger partial charge in [0.15, 0.2) is 11.7 Å². The van der Waals surface area contributed by atoms with Crippen molar-refractivity contribution in [2.45, 2.75) is 61.2 Å². The smallest absolute Gasteiger partial charge is 0.338 e. The van der Waals surface area contributed by atoms with Crippen LogP contribution in [-0.4, -0.2) is 127 Å². The number of esters is 1. The number of fused-ring (bicyclic) bond motifs is 1. The van der Waals surface area contributed by atoms with Gasteiger partial charge in [-0.1, -0.05) is 0 Å². The number of aliphatic hydroxyl groups is 6. The Labute approximate surface area is 293 Å². The number of aliphatic hydroxyl groups excluding tert-OH is 6. The monoisotopic (exact) mass is 728 g/mol. The van der Waals surface area contributed by atoms with Crippen LogP contribution in [0.15, 0.2) is 69.9 Å². The molecule has 17 nitrogen and oxygen atoms in total. The Kier molecular flexibility index (Phi) is 10.7. The van der Waals surface area contributed by atoms with Gasteiger partial charge in [-0.25, -0.2) is 4.79 Å². The quantitative estimate of drug-likeness (QED) is 0.101. The molecular formula is C35H36O17. The first-order chi connectivity index (χ1) is 24.8. The molecular weight excluding hydrogens is 692 g/mol. The fraction of sp³-hybridized carbons (Fsp3) is 0.371. The number of ether oxygens (including phenoxy) is 5. The van der Waals surface area contributed by atoms with E-state index in [0.29, 0.717) is 5.56 Å². The molecule has 3 heterocycles. The van der Waals surface area contributed by atoms with Crippen molar-refractivity contribution in [2.75, 3.05) is 20.3 Å². The minimum absolute atomic E-state index is 0.0185. The van der Waals surface area contributed by atoms with Crippen molar-refractivity contribution in [3.05, 3.63) is 82.0 Å². The summed E-state index contributed by atoms with van der Waals surface area (Å²) in [7, 11) is 1.22. The summed E-state index contributed by atoms with van der Waals surface area (Å²) in [6.45, 7) is -1.48. The molecule has 278 valence electrons. The van der Waals surface area contributed by atoms with Crippen LogP contribution in [0.4, 0.5) is 0 Å². The van der Waals surface area contributed by atoms with E-state index in [1.807, 2.05) is 0 Å². The first-order valence-corrected chi connectivity index (χ1v) is 15.9. The predicted molar refractivity (Wildman–Crippen MR) is 174 cm³/mol. The molecule has 10 unspecified atom stereocenters. The molecule has 0 spiro atoms. The maximum absolute atomic E-state index is 13.4. The molecule has 1 aromatic heterocycles. The molecule has 2 saturated heterocycles. The van der Waals surface area contributed by atoms with Crippen molar-refractivity contribution in [2.24, 2.45) is 0 Å². The van der Waals surface area contributed by atoms with Crippen LogP contribution in [0.3, 0.4) is 0 Å². The first kappa shape index (κ1) is 37.0. The number of rotatable bonds is 9. The van der Waals surface area contributed by atoms with Gasteiger partial charge in [0.2, 0.25) is 0 Å². The van der Waals surface area contributed by atoms with Gasteiger partial charge in [0.1, 0.15) is 101 Å². The Balaban J connectivity index is 1.33. The average molecular weight is 729 g/mol. The highest BCUT2D eigenvalue weighted by Crippen LogP contribution is 2.46. The molecule has 52 heavy (non-hydrogen) atoms. The summed E-state index contributed by atoms with van der Waals surface area (Å²) >= 11 is 0. The zero-order valence-electron chi connectivity index (χ0n) is 27.3. The normalized spacial score (nSPS) is 29.1. The van der Waals surface area contributed by atoms with Crippen molar-refractivity contribution in [3.63, 3.8) is 0 Å². The van der Waals surface area contributed by atoms with Gasteiger partial charge in [0.05, 0.1) is 24.8 Å². The fourth-order valence-electron chi connectivity index (χ4n) is 6.14. The minimum Gasteiger partial charge on any atom is -0.508 e. The molecule has 0 bridgehead atoms. The van der Waals surface area contributed by atoms with Gasteiger partial charge in [-0.15, -0.1) is 0 Å². The van der Waals surface area contributed by atoms with E-state index in [2.05, 4.69) is 0 Å². The van der Waals surface area contributed by atoms with Crippen LogP contribution < -0.4 is 10.2 Å². The van der Waals surface area contributed by atoms with E-state index >= 15 is 0 Å². The number of benzene rings is 3. The molecule has 2 aliphatic rings.